The Hall–Kier alpha value is -1.95. The van der Waals surface area contributed by atoms with Crippen LogP contribution in [0.3, 0.4) is 0 Å². The van der Waals surface area contributed by atoms with Crippen LogP contribution in [0.2, 0.25) is 0 Å². The lowest BCUT2D eigenvalue weighted by Crippen LogP contribution is -2.45. The molecule has 0 spiro atoms. The number of carbonyl (C=O) groups is 1. The normalized spacial score (nSPS) is 22.6. The molecular formula is C14H16N4O. The molecule has 0 bridgehead atoms. The van der Waals surface area contributed by atoms with Crippen LogP contribution in [0.25, 0.3) is 10.8 Å². The van der Waals surface area contributed by atoms with Crippen LogP contribution in [0.4, 0.5) is 0 Å². The number of amides is 1. The van der Waals surface area contributed by atoms with E-state index in [1.807, 2.05) is 18.2 Å². The van der Waals surface area contributed by atoms with Gasteiger partial charge in [0.2, 0.25) is 0 Å². The van der Waals surface area contributed by atoms with Gasteiger partial charge in [0.25, 0.3) is 5.91 Å². The largest absolute Gasteiger partial charge is 0.293 e. The Bertz CT molecular complexity index is 608. The molecule has 2 atom stereocenters. The predicted molar refractivity (Wildman–Crippen MR) is 73.7 cm³/mol. The second-order valence-corrected chi connectivity index (χ2v) is 4.71. The van der Waals surface area contributed by atoms with Gasteiger partial charge in [-0.05, 0) is 22.8 Å². The van der Waals surface area contributed by atoms with Crippen LogP contribution in [-0.4, -0.2) is 11.9 Å². The third-order valence-corrected chi connectivity index (χ3v) is 3.56. The van der Waals surface area contributed by atoms with Crippen LogP contribution < -0.4 is 22.1 Å². The van der Waals surface area contributed by atoms with Gasteiger partial charge in [-0.25, -0.2) is 16.7 Å². The Balaban J connectivity index is 1.92. The first kappa shape index (κ1) is 12.1. The van der Waals surface area contributed by atoms with Crippen molar-refractivity contribution in [1.82, 2.24) is 16.3 Å². The summed E-state index contributed by atoms with van der Waals surface area (Å²) >= 11 is 0. The molecule has 2 aromatic rings. The molecule has 5 N–H and O–H groups in total. The summed E-state index contributed by atoms with van der Waals surface area (Å²) in [5.41, 5.74) is 9.51. The van der Waals surface area contributed by atoms with Crippen LogP contribution in [0.5, 0.6) is 0 Å². The Kier molecular flexibility index (Phi) is 3.16. The Morgan fingerprint density at radius 1 is 1.16 bits per heavy atom. The van der Waals surface area contributed by atoms with Gasteiger partial charge in [0, 0.05) is 6.04 Å². The monoisotopic (exact) mass is 256 g/mol. The molecule has 3 rings (SSSR count). The maximum atomic E-state index is 11.5. The van der Waals surface area contributed by atoms with Gasteiger partial charge in [-0.2, -0.15) is 0 Å². The molecule has 5 heteroatoms. The minimum atomic E-state index is -0.297. The van der Waals surface area contributed by atoms with Crippen molar-refractivity contribution in [1.29, 1.82) is 0 Å². The minimum absolute atomic E-state index is 0.105. The quantitative estimate of drug-likeness (QED) is 0.363. The molecule has 0 aliphatic carbocycles. The van der Waals surface area contributed by atoms with Gasteiger partial charge in [0.15, 0.2) is 0 Å². The highest BCUT2D eigenvalue weighted by Crippen LogP contribution is 2.28. The number of nitrogens with two attached hydrogens (primary N) is 1. The smallest absolute Gasteiger partial charge is 0.252 e. The minimum Gasteiger partial charge on any atom is -0.293 e. The number of hydrogen-bond acceptors (Lipinski definition) is 4. The summed E-state index contributed by atoms with van der Waals surface area (Å²) in [6.45, 7) is 0. The molecule has 1 fully saturated rings. The fourth-order valence-electron chi connectivity index (χ4n) is 2.59. The molecule has 1 aliphatic rings. The SMILES string of the molecule is NNC(=O)C1CC(c2cccc3ccccc23)NN1. The van der Waals surface area contributed by atoms with E-state index in [0.717, 1.165) is 0 Å². The van der Waals surface area contributed by atoms with Crippen molar-refractivity contribution in [2.45, 2.75) is 18.5 Å². The number of fused-ring (bicyclic) bond motifs is 1. The van der Waals surface area contributed by atoms with Crippen LogP contribution >= 0.6 is 0 Å². The Morgan fingerprint density at radius 3 is 2.79 bits per heavy atom. The van der Waals surface area contributed by atoms with Crippen LogP contribution in [-0.2, 0) is 4.79 Å². The van der Waals surface area contributed by atoms with E-state index in [0.29, 0.717) is 6.42 Å². The lowest BCUT2D eigenvalue weighted by atomic mass is 9.96. The van der Waals surface area contributed by atoms with E-state index in [1.54, 1.807) is 0 Å². The van der Waals surface area contributed by atoms with Crippen molar-refractivity contribution >= 4 is 16.7 Å². The maximum Gasteiger partial charge on any atom is 0.252 e. The summed E-state index contributed by atoms with van der Waals surface area (Å²) in [6.07, 6.45) is 0.678. The topological polar surface area (TPSA) is 79.2 Å². The van der Waals surface area contributed by atoms with E-state index in [9.17, 15) is 4.79 Å². The molecule has 2 unspecified atom stereocenters. The van der Waals surface area contributed by atoms with Crippen molar-refractivity contribution in [3.8, 4) is 0 Å². The van der Waals surface area contributed by atoms with Crippen molar-refractivity contribution < 1.29 is 4.79 Å². The highest BCUT2D eigenvalue weighted by atomic mass is 16.2. The number of nitrogens with one attached hydrogen (secondary N) is 3. The number of benzene rings is 2. The summed E-state index contributed by atoms with van der Waals surface area (Å²) in [4.78, 5) is 11.5. The van der Waals surface area contributed by atoms with Gasteiger partial charge in [0.1, 0.15) is 6.04 Å². The van der Waals surface area contributed by atoms with Gasteiger partial charge in [0.05, 0.1) is 0 Å². The van der Waals surface area contributed by atoms with E-state index in [-0.39, 0.29) is 18.0 Å². The Morgan fingerprint density at radius 2 is 1.95 bits per heavy atom. The molecule has 1 aliphatic heterocycles. The molecular weight excluding hydrogens is 240 g/mol. The first-order valence-corrected chi connectivity index (χ1v) is 6.29. The highest BCUT2D eigenvalue weighted by molar-refractivity contribution is 5.86. The molecule has 2 aromatic carbocycles. The summed E-state index contributed by atoms with van der Waals surface area (Å²) < 4.78 is 0. The van der Waals surface area contributed by atoms with E-state index < -0.39 is 0 Å². The average molecular weight is 256 g/mol. The van der Waals surface area contributed by atoms with Crippen molar-refractivity contribution in [2.75, 3.05) is 0 Å². The molecule has 0 saturated carbocycles. The number of rotatable bonds is 2. The van der Waals surface area contributed by atoms with Crippen LogP contribution in [0.15, 0.2) is 42.5 Å². The molecule has 0 radical (unpaired) electrons. The predicted octanol–water partition coefficient (Wildman–Crippen LogP) is 0.737. The summed E-state index contributed by atoms with van der Waals surface area (Å²) in [5, 5.41) is 2.41. The summed E-state index contributed by atoms with van der Waals surface area (Å²) in [5.74, 6) is 4.96. The van der Waals surface area contributed by atoms with Gasteiger partial charge >= 0.3 is 0 Å². The van der Waals surface area contributed by atoms with Crippen molar-refractivity contribution in [3.05, 3.63) is 48.0 Å². The molecule has 1 amide bonds. The third-order valence-electron chi connectivity index (χ3n) is 3.56. The zero-order valence-corrected chi connectivity index (χ0v) is 10.4. The molecule has 1 saturated heterocycles. The van der Waals surface area contributed by atoms with E-state index in [2.05, 4.69) is 40.5 Å². The standard InChI is InChI=1S/C14H16N4O/c15-16-14(19)13-8-12(17-18-13)11-7-3-5-9-4-1-2-6-10(9)11/h1-7,12-13,17-18H,8,15H2,(H,16,19). The van der Waals surface area contributed by atoms with E-state index >= 15 is 0 Å². The van der Waals surface area contributed by atoms with Crippen LogP contribution in [0, 0.1) is 0 Å². The van der Waals surface area contributed by atoms with Crippen molar-refractivity contribution in [2.24, 2.45) is 5.84 Å². The molecule has 1 heterocycles. The van der Waals surface area contributed by atoms with Crippen LogP contribution in [0.1, 0.15) is 18.0 Å². The number of hydrogen-bond donors (Lipinski definition) is 4. The van der Waals surface area contributed by atoms with Gasteiger partial charge in [-0.1, -0.05) is 42.5 Å². The second kappa shape index (κ2) is 4.97. The summed E-state index contributed by atoms with van der Waals surface area (Å²) in [6, 6.07) is 14.3. The zero-order chi connectivity index (χ0) is 13.2. The van der Waals surface area contributed by atoms with E-state index in [4.69, 9.17) is 5.84 Å². The summed E-state index contributed by atoms with van der Waals surface area (Å²) in [7, 11) is 0. The average Bonchev–Trinajstić information content (AvgIpc) is 2.95. The number of hydrazine groups is 2. The first-order chi connectivity index (χ1) is 9.29. The van der Waals surface area contributed by atoms with Gasteiger partial charge < -0.3 is 0 Å². The zero-order valence-electron chi connectivity index (χ0n) is 10.4. The maximum absolute atomic E-state index is 11.5. The fourth-order valence-corrected chi connectivity index (χ4v) is 2.59. The lowest BCUT2D eigenvalue weighted by Gasteiger charge is -2.13. The number of carbonyl (C=O) groups excluding carboxylic acids is 1. The molecule has 0 aromatic heterocycles. The highest BCUT2D eigenvalue weighted by Gasteiger charge is 2.30. The van der Waals surface area contributed by atoms with Gasteiger partial charge in [-0.15, -0.1) is 0 Å². The molecule has 19 heavy (non-hydrogen) atoms. The molecule has 98 valence electrons. The van der Waals surface area contributed by atoms with Gasteiger partial charge in [-0.3, -0.25) is 10.2 Å². The second-order valence-electron chi connectivity index (χ2n) is 4.71. The first-order valence-electron chi connectivity index (χ1n) is 6.29. The fraction of sp³-hybridized carbons (Fsp3) is 0.214. The van der Waals surface area contributed by atoms with E-state index in [1.165, 1.54) is 16.3 Å². The molecule has 5 nitrogen and oxygen atoms in total. The Labute approximate surface area is 111 Å². The third kappa shape index (κ3) is 2.19. The van der Waals surface area contributed by atoms with Crippen molar-refractivity contribution in [3.63, 3.8) is 0 Å². The lowest BCUT2D eigenvalue weighted by molar-refractivity contribution is -0.122.